The molecule has 1 unspecified atom stereocenters. The van der Waals surface area contributed by atoms with Crippen molar-refractivity contribution in [2.45, 2.75) is 32.9 Å². The molecule has 64 valence electrons. The summed E-state index contributed by atoms with van der Waals surface area (Å²) < 4.78 is 5.24. The standard InChI is InChI=1S/C8H15NO2/c1-3-4-8(10)9-5-6-11-7(9)2/h7H,3-6H2,1-2H3. The molecule has 0 radical (unpaired) electrons. The van der Waals surface area contributed by atoms with E-state index in [4.69, 9.17) is 4.74 Å². The van der Waals surface area contributed by atoms with Gasteiger partial charge in [0.15, 0.2) is 0 Å². The van der Waals surface area contributed by atoms with Gasteiger partial charge in [0.1, 0.15) is 6.23 Å². The third-order valence-corrected chi connectivity index (χ3v) is 1.91. The summed E-state index contributed by atoms with van der Waals surface area (Å²) in [5.41, 5.74) is 0. The topological polar surface area (TPSA) is 29.5 Å². The molecule has 1 heterocycles. The van der Waals surface area contributed by atoms with Gasteiger partial charge in [0, 0.05) is 13.0 Å². The van der Waals surface area contributed by atoms with Crippen LogP contribution < -0.4 is 0 Å². The van der Waals surface area contributed by atoms with Crippen LogP contribution in [0.4, 0.5) is 0 Å². The molecule has 3 heteroatoms. The highest BCUT2D eigenvalue weighted by atomic mass is 16.5. The summed E-state index contributed by atoms with van der Waals surface area (Å²) in [6, 6.07) is 0. The zero-order valence-electron chi connectivity index (χ0n) is 7.17. The van der Waals surface area contributed by atoms with Gasteiger partial charge in [-0.15, -0.1) is 0 Å². The maximum absolute atomic E-state index is 11.3. The molecule has 1 aliphatic rings. The molecule has 0 aliphatic carbocycles. The number of carbonyl (C=O) groups is 1. The van der Waals surface area contributed by atoms with E-state index in [9.17, 15) is 4.79 Å². The Balaban J connectivity index is 2.39. The fraction of sp³-hybridized carbons (Fsp3) is 0.875. The third-order valence-electron chi connectivity index (χ3n) is 1.91. The Kier molecular flexibility index (Phi) is 2.88. The van der Waals surface area contributed by atoms with Crippen molar-refractivity contribution >= 4 is 5.91 Å². The molecule has 1 fully saturated rings. The first kappa shape index (κ1) is 8.53. The van der Waals surface area contributed by atoms with E-state index in [1.807, 2.05) is 13.8 Å². The van der Waals surface area contributed by atoms with Crippen molar-refractivity contribution < 1.29 is 9.53 Å². The van der Waals surface area contributed by atoms with Gasteiger partial charge in [0.2, 0.25) is 5.91 Å². The molecular formula is C8H15NO2. The number of amides is 1. The van der Waals surface area contributed by atoms with E-state index < -0.39 is 0 Å². The highest BCUT2D eigenvalue weighted by Crippen LogP contribution is 2.10. The lowest BCUT2D eigenvalue weighted by atomic mass is 10.3. The smallest absolute Gasteiger partial charge is 0.224 e. The van der Waals surface area contributed by atoms with Crippen molar-refractivity contribution in [3.63, 3.8) is 0 Å². The summed E-state index contributed by atoms with van der Waals surface area (Å²) in [5.74, 6) is 0.220. The van der Waals surface area contributed by atoms with E-state index >= 15 is 0 Å². The van der Waals surface area contributed by atoms with E-state index in [1.54, 1.807) is 4.90 Å². The Morgan fingerprint density at radius 3 is 2.91 bits per heavy atom. The average molecular weight is 157 g/mol. The van der Waals surface area contributed by atoms with Crippen LogP contribution in [0.25, 0.3) is 0 Å². The van der Waals surface area contributed by atoms with E-state index in [-0.39, 0.29) is 12.1 Å². The van der Waals surface area contributed by atoms with Crippen molar-refractivity contribution in [1.82, 2.24) is 4.90 Å². The monoisotopic (exact) mass is 157 g/mol. The minimum absolute atomic E-state index is 0.00551. The number of carbonyl (C=O) groups excluding carboxylic acids is 1. The van der Waals surface area contributed by atoms with Crippen LogP contribution in [0.2, 0.25) is 0 Å². The first-order valence-corrected chi connectivity index (χ1v) is 4.16. The van der Waals surface area contributed by atoms with Gasteiger partial charge in [-0.25, -0.2) is 0 Å². The lowest BCUT2D eigenvalue weighted by molar-refractivity contribution is -0.135. The molecule has 0 saturated carbocycles. The zero-order chi connectivity index (χ0) is 8.27. The average Bonchev–Trinajstić information content (AvgIpc) is 2.36. The predicted octanol–water partition coefficient (Wildman–Crippen LogP) is 0.991. The summed E-state index contributed by atoms with van der Waals surface area (Å²) in [6.45, 7) is 5.39. The van der Waals surface area contributed by atoms with Gasteiger partial charge in [-0.2, -0.15) is 0 Å². The van der Waals surface area contributed by atoms with Gasteiger partial charge in [0.05, 0.1) is 6.61 Å². The highest BCUT2D eigenvalue weighted by molar-refractivity contribution is 5.76. The lowest BCUT2D eigenvalue weighted by Crippen LogP contribution is -2.33. The van der Waals surface area contributed by atoms with Crippen LogP contribution in [0.15, 0.2) is 0 Å². The summed E-state index contributed by atoms with van der Waals surface area (Å²) in [7, 11) is 0. The second-order valence-corrected chi connectivity index (χ2v) is 2.81. The molecule has 0 aromatic carbocycles. The summed E-state index contributed by atoms with van der Waals surface area (Å²) in [5, 5.41) is 0. The molecule has 11 heavy (non-hydrogen) atoms. The molecule has 0 bridgehead atoms. The number of ether oxygens (including phenoxy) is 1. The second kappa shape index (κ2) is 3.72. The van der Waals surface area contributed by atoms with E-state index in [1.165, 1.54) is 0 Å². The number of hydrogen-bond donors (Lipinski definition) is 0. The van der Waals surface area contributed by atoms with Crippen LogP contribution >= 0.6 is 0 Å². The minimum Gasteiger partial charge on any atom is -0.357 e. The molecule has 0 spiro atoms. The largest absolute Gasteiger partial charge is 0.357 e. The predicted molar refractivity (Wildman–Crippen MR) is 42.0 cm³/mol. The summed E-state index contributed by atoms with van der Waals surface area (Å²) in [6.07, 6.45) is 1.56. The van der Waals surface area contributed by atoms with Gasteiger partial charge < -0.3 is 9.64 Å². The molecule has 3 nitrogen and oxygen atoms in total. The molecule has 1 atom stereocenters. The highest BCUT2D eigenvalue weighted by Gasteiger charge is 2.24. The molecule has 1 rings (SSSR count). The quantitative estimate of drug-likeness (QED) is 0.598. The van der Waals surface area contributed by atoms with Crippen LogP contribution in [-0.4, -0.2) is 30.2 Å². The molecule has 0 N–H and O–H groups in total. The minimum atomic E-state index is -0.00551. The fourth-order valence-electron chi connectivity index (χ4n) is 1.28. The maximum atomic E-state index is 11.3. The molecule has 0 aromatic heterocycles. The van der Waals surface area contributed by atoms with E-state index in [2.05, 4.69) is 0 Å². The molecule has 1 saturated heterocycles. The third kappa shape index (κ3) is 1.93. The van der Waals surface area contributed by atoms with Crippen molar-refractivity contribution in [2.24, 2.45) is 0 Å². The van der Waals surface area contributed by atoms with Crippen LogP contribution in [0.1, 0.15) is 26.7 Å². The molecule has 0 aromatic rings. The Bertz CT molecular complexity index is 147. The molecule has 1 amide bonds. The Morgan fingerprint density at radius 2 is 2.45 bits per heavy atom. The van der Waals surface area contributed by atoms with Crippen LogP contribution in [0.3, 0.4) is 0 Å². The van der Waals surface area contributed by atoms with Crippen molar-refractivity contribution in [2.75, 3.05) is 13.2 Å². The fourth-order valence-corrected chi connectivity index (χ4v) is 1.28. The van der Waals surface area contributed by atoms with Gasteiger partial charge in [0.25, 0.3) is 0 Å². The zero-order valence-corrected chi connectivity index (χ0v) is 7.17. The van der Waals surface area contributed by atoms with E-state index in [0.717, 1.165) is 13.0 Å². The number of hydrogen-bond acceptors (Lipinski definition) is 2. The SMILES string of the molecule is CCCC(=O)N1CCOC1C. The maximum Gasteiger partial charge on any atom is 0.224 e. The first-order valence-electron chi connectivity index (χ1n) is 4.16. The van der Waals surface area contributed by atoms with Gasteiger partial charge in [-0.05, 0) is 13.3 Å². The van der Waals surface area contributed by atoms with E-state index in [0.29, 0.717) is 13.0 Å². The molecule has 1 aliphatic heterocycles. The van der Waals surface area contributed by atoms with Gasteiger partial charge >= 0.3 is 0 Å². The van der Waals surface area contributed by atoms with Crippen LogP contribution in [0.5, 0.6) is 0 Å². The Morgan fingerprint density at radius 1 is 1.73 bits per heavy atom. The summed E-state index contributed by atoms with van der Waals surface area (Å²) >= 11 is 0. The lowest BCUT2D eigenvalue weighted by Gasteiger charge is -2.18. The van der Waals surface area contributed by atoms with Crippen molar-refractivity contribution in [3.05, 3.63) is 0 Å². The number of nitrogens with zero attached hydrogens (tertiary/aromatic N) is 1. The molecular weight excluding hydrogens is 142 g/mol. The van der Waals surface area contributed by atoms with Crippen molar-refractivity contribution in [3.8, 4) is 0 Å². The van der Waals surface area contributed by atoms with Gasteiger partial charge in [-0.3, -0.25) is 4.79 Å². The Hall–Kier alpha value is -0.570. The van der Waals surface area contributed by atoms with Crippen molar-refractivity contribution in [1.29, 1.82) is 0 Å². The van der Waals surface area contributed by atoms with Crippen LogP contribution in [0, 0.1) is 0 Å². The first-order chi connectivity index (χ1) is 5.25. The normalized spacial score (nSPS) is 24.2. The summed E-state index contributed by atoms with van der Waals surface area (Å²) in [4.78, 5) is 13.1. The van der Waals surface area contributed by atoms with Crippen LogP contribution in [-0.2, 0) is 9.53 Å². The second-order valence-electron chi connectivity index (χ2n) is 2.81. The Labute approximate surface area is 67.3 Å². The van der Waals surface area contributed by atoms with Gasteiger partial charge in [-0.1, -0.05) is 6.92 Å². The number of rotatable bonds is 2.